The van der Waals surface area contributed by atoms with Gasteiger partial charge in [-0.25, -0.2) is 0 Å². The molecule has 0 saturated heterocycles. The Morgan fingerprint density at radius 2 is 2.33 bits per heavy atom. The minimum atomic E-state index is 0.305. The first kappa shape index (κ1) is 10.6. The van der Waals surface area contributed by atoms with Gasteiger partial charge in [-0.05, 0) is 30.9 Å². The van der Waals surface area contributed by atoms with Crippen molar-refractivity contribution in [2.24, 2.45) is 5.92 Å². The van der Waals surface area contributed by atoms with Crippen LogP contribution in [0.1, 0.15) is 25.0 Å². The van der Waals surface area contributed by atoms with Crippen molar-refractivity contribution in [3.05, 3.63) is 30.1 Å². The van der Waals surface area contributed by atoms with E-state index in [1.54, 1.807) is 0 Å². The highest BCUT2D eigenvalue weighted by Gasteiger charge is 2.25. The third-order valence-electron chi connectivity index (χ3n) is 3.17. The number of nitrogens with one attached hydrogen (secondary N) is 1. The molecule has 1 aromatic rings. The molecule has 1 aliphatic rings. The van der Waals surface area contributed by atoms with E-state index in [0.29, 0.717) is 18.6 Å². The maximum atomic E-state index is 9.18. The first-order chi connectivity index (χ1) is 7.40. The smallest absolute Gasteiger partial charge is 0.0541 e. The van der Waals surface area contributed by atoms with Crippen LogP contribution in [-0.2, 0) is 6.54 Å². The Kier molecular flexibility index (Phi) is 3.69. The molecule has 0 amide bonds. The number of nitrogens with zero attached hydrogens (tertiary/aromatic N) is 1. The summed E-state index contributed by atoms with van der Waals surface area (Å²) in [5.74, 6) is 0.439. The summed E-state index contributed by atoms with van der Waals surface area (Å²) in [6.07, 6.45) is 5.37. The van der Waals surface area contributed by atoms with Crippen molar-refractivity contribution in [1.82, 2.24) is 10.3 Å². The molecular weight excluding hydrogens is 188 g/mol. The van der Waals surface area contributed by atoms with Crippen molar-refractivity contribution in [3.8, 4) is 0 Å². The zero-order valence-electron chi connectivity index (χ0n) is 8.89. The summed E-state index contributed by atoms with van der Waals surface area (Å²) < 4.78 is 0. The third-order valence-corrected chi connectivity index (χ3v) is 3.17. The van der Waals surface area contributed by atoms with Gasteiger partial charge in [0.1, 0.15) is 0 Å². The van der Waals surface area contributed by atoms with E-state index in [9.17, 15) is 5.11 Å². The van der Waals surface area contributed by atoms with Crippen LogP contribution in [0.15, 0.2) is 24.4 Å². The molecule has 0 aliphatic heterocycles. The van der Waals surface area contributed by atoms with Gasteiger partial charge in [0.15, 0.2) is 0 Å². The fraction of sp³-hybridized carbons (Fsp3) is 0.583. The molecule has 82 valence electrons. The Morgan fingerprint density at radius 1 is 1.40 bits per heavy atom. The summed E-state index contributed by atoms with van der Waals surface area (Å²) in [5.41, 5.74) is 1.07. The molecule has 1 aromatic heterocycles. The van der Waals surface area contributed by atoms with Crippen LogP contribution in [0.3, 0.4) is 0 Å². The molecule has 0 aromatic carbocycles. The van der Waals surface area contributed by atoms with Crippen LogP contribution in [0.25, 0.3) is 0 Å². The van der Waals surface area contributed by atoms with Gasteiger partial charge >= 0.3 is 0 Å². The summed E-state index contributed by atoms with van der Waals surface area (Å²) in [6, 6.07) is 6.42. The number of aliphatic hydroxyl groups excluding tert-OH is 1. The van der Waals surface area contributed by atoms with Gasteiger partial charge in [-0.3, -0.25) is 4.98 Å². The van der Waals surface area contributed by atoms with Gasteiger partial charge in [0.2, 0.25) is 0 Å². The summed E-state index contributed by atoms with van der Waals surface area (Å²) in [7, 11) is 0. The molecule has 1 aliphatic carbocycles. The fourth-order valence-electron chi connectivity index (χ4n) is 2.26. The molecular formula is C12H18N2O. The van der Waals surface area contributed by atoms with E-state index in [-0.39, 0.29) is 0 Å². The molecule has 0 spiro atoms. The lowest BCUT2D eigenvalue weighted by molar-refractivity contribution is 0.205. The molecule has 2 rings (SSSR count). The molecule has 2 atom stereocenters. The van der Waals surface area contributed by atoms with Crippen LogP contribution in [0.4, 0.5) is 0 Å². The van der Waals surface area contributed by atoms with E-state index in [0.717, 1.165) is 18.7 Å². The number of aliphatic hydroxyl groups is 1. The summed E-state index contributed by atoms with van der Waals surface area (Å²) >= 11 is 0. The number of aromatic nitrogens is 1. The van der Waals surface area contributed by atoms with E-state index < -0.39 is 0 Å². The second-order valence-corrected chi connectivity index (χ2v) is 4.18. The van der Waals surface area contributed by atoms with Gasteiger partial charge in [0, 0.05) is 25.4 Å². The summed E-state index contributed by atoms with van der Waals surface area (Å²) in [5, 5.41) is 12.7. The molecule has 0 radical (unpaired) electrons. The van der Waals surface area contributed by atoms with Crippen LogP contribution in [0, 0.1) is 5.92 Å². The van der Waals surface area contributed by atoms with E-state index in [4.69, 9.17) is 0 Å². The normalized spacial score (nSPS) is 25.7. The standard InChI is InChI=1S/C12H18N2O/c15-9-10-4-3-6-12(10)14-8-11-5-1-2-7-13-11/h1-2,5,7,10,12,14-15H,3-4,6,8-9H2. The molecule has 1 saturated carbocycles. The molecule has 2 N–H and O–H groups in total. The maximum Gasteiger partial charge on any atom is 0.0541 e. The number of hydrogen-bond acceptors (Lipinski definition) is 3. The van der Waals surface area contributed by atoms with Crippen LogP contribution in [-0.4, -0.2) is 22.7 Å². The second kappa shape index (κ2) is 5.24. The lowest BCUT2D eigenvalue weighted by atomic mass is 10.1. The van der Waals surface area contributed by atoms with Crippen molar-refractivity contribution < 1.29 is 5.11 Å². The Labute approximate surface area is 90.5 Å². The van der Waals surface area contributed by atoms with Crippen molar-refractivity contribution in [3.63, 3.8) is 0 Å². The summed E-state index contributed by atoms with van der Waals surface area (Å²) in [4.78, 5) is 4.27. The molecule has 1 heterocycles. The predicted octanol–water partition coefficient (Wildman–Crippen LogP) is 1.33. The number of rotatable bonds is 4. The average molecular weight is 206 g/mol. The lowest BCUT2D eigenvalue weighted by Crippen LogP contribution is -2.33. The van der Waals surface area contributed by atoms with Crippen molar-refractivity contribution in [2.45, 2.75) is 31.8 Å². The van der Waals surface area contributed by atoms with Crippen LogP contribution in [0.5, 0.6) is 0 Å². The van der Waals surface area contributed by atoms with Gasteiger partial charge in [-0.1, -0.05) is 12.5 Å². The van der Waals surface area contributed by atoms with Gasteiger partial charge in [-0.2, -0.15) is 0 Å². The third kappa shape index (κ3) is 2.76. The van der Waals surface area contributed by atoms with E-state index in [2.05, 4.69) is 10.3 Å². The topological polar surface area (TPSA) is 45.1 Å². The van der Waals surface area contributed by atoms with Gasteiger partial charge in [-0.15, -0.1) is 0 Å². The highest BCUT2D eigenvalue weighted by Crippen LogP contribution is 2.25. The van der Waals surface area contributed by atoms with Gasteiger partial charge < -0.3 is 10.4 Å². The van der Waals surface area contributed by atoms with Gasteiger partial charge in [0.25, 0.3) is 0 Å². The monoisotopic (exact) mass is 206 g/mol. The highest BCUT2D eigenvalue weighted by atomic mass is 16.3. The first-order valence-electron chi connectivity index (χ1n) is 5.64. The van der Waals surface area contributed by atoms with Crippen LogP contribution >= 0.6 is 0 Å². The Bertz CT molecular complexity index is 289. The summed E-state index contributed by atoms with van der Waals surface area (Å²) in [6.45, 7) is 1.11. The zero-order valence-corrected chi connectivity index (χ0v) is 8.89. The number of hydrogen-bond donors (Lipinski definition) is 2. The second-order valence-electron chi connectivity index (χ2n) is 4.18. The van der Waals surface area contributed by atoms with E-state index >= 15 is 0 Å². The van der Waals surface area contributed by atoms with Crippen molar-refractivity contribution in [1.29, 1.82) is 0 Å². The van der Waals surface area contributed by atoms with E-state index in [1.807, 2.05) is 24.4 Å². The molecule has 0 bridgehead atoms. The largest absolute Gasteiger partial charge is 0.396 e. The zero-order chi connectivity index (χ0) is 10.5. The number of pyridine rings is 1. The van der Waals surface area contributed by atoms with Crippen molar-refractivity contribution in [2.75, 3.05) is 6.61 Å². The van der Waals surface area contributed by atoms with Gasteiger partial charge in [0.05, 0.1) is 5.69 Å². The SMILES string of the molecule is OCC1CCCC1NCc1ccccn1. The lowest BCUT2D eigenvalue weighted by Gasteiger charge is -2.18. The van der Waals surface area contributed by atoms with Crippen LogP contribution in [0.2, 0.25) is 0 Å². The quantitative estimate of drug-likeness (QED) is 0.781. The Hall–Kier alpha value is -0.930. The minimum absolute atomic E-state index is 0.305. The Morgan fingerprint density at radius 3 is 3.07 bits per heavy atom. The fourth-order valence-corrected chi connectivity index (χ4v) is 2.26. The molecule has 3 nitrogen and oxygen atoms in total. The Balaban J connectivity index is 1.83. The molecule has 15 heavy (non-hydrogen) atoms. The molecule has 3 heteroatoms. The average Bonchev–Trinajstić information content (AvgIpc) is 2.75. The highest BCUT2D eigenvalue weighted by molar-refractivity contribution is 5.03. The first-order valence-corrected chi connectivity index (χ1v) is 5.64. The van der Waals surface area contributed by atoms with Crippen molar-refractivity contribution >= 4 is 0 Å². The van der Waals surface area contributed by atoms with E-state index in [1.165, 1.54) is 12.8 Å². The molecule has 2 unspecified atom stereocenters. The maximum absolute atomic E-state index is 9.18. The molecule has 1 fully saturated rings. The minimum Gasteiger partial charge on any atom is -0.396 e. The predicted molar refractivity (Wildman–Crippen MR) is 59.3 cm³/mol. The van der Waals surface area contributed by atoms with Crippen LogP contribution < -0.4 is 5.32 Å².